The van der Waals surface area contributed by atoms with Gasteiger partial charge in [0.25, 0.3) is 0 Å². The van der Waals surface area contributed by atoms with Gasteiger partial charge in [-0.1, -0.05) is 27.7 Å². The number of aliphatic carboxylic acids is 1. The molecule has 1 heterocycles. The summed E-state index contributed by atoms with van der Waals surface area (Å²) in [6.07, 6.45) is 1.86. The summed E-state index contributed by atoms with van der Waals surface area (Å²) >= 11 is 0. The van der Waals surface area contributed by atoms with E-state index in [9.17, 15) is 14.4 Å². The third-order valence-electron chi connectivity index (χ3n) is 4.53. The summed E-state index contributed by atoms with van der Waals surface area (Å²) < 4.78 is 0. The quantitative estimate of drug-likeness (QED) is 0.808. The number of rotatable bonds is 4. The fourth-order valence-electron chi connectivity index (χ4n) is 3.83. The number of carboxylic acids is 1. The highest BCUT2D eigenvalue weighted by molar-refractivity contribution is 6.06. The fraction of sp³-hybridized carbons (Fsp3) is 0.812. The number of imide groups is 1. The van der Waals surface area contributed by atoms with Crippen molar-refractivity contribution in [2.45, 2.75) is 59.4 Å². The molecule has 0 radical (unpaired) electrons. The number of carbonyl (C=O) groups is 3. The molecule has 0 spiro atoms. The molecule has 3 unspecified atom stereocenters. The second-order valence-electron chi connectivity index (χ2n) is 7.85. The molecule has 1 aliphatic heterocycles. The molecule has 1 saturated carbocycles. The number of carbonyl (C=O) groups excluding carboxylic acids is 2. The summed E-state index contributed by atoms with van der Waals surface area (Å²) in [6, 6.07) is -0.525. The second-order valence-corrected chi connectivity index (χ2v) is 7.85. The lowest BCUT2D eigenvalue weighted by Gasteiger charge is -2.31. The third kappa shape index (κ3) is 3.27. The van der Waals surface area contributed by atoms with Crippen molar-refractivity contribution < 1.29 is 19.5 Å². The van der Waals surface area contributed by atoms with Crippen LogP contribution in [-0.2, 0) is 14.4 Å². The van der Waals surface area contributed by atoms with Crippen LogP contribution in [0, 0.1) is 23.2 Å². The van der Waals surface area contributed by atoms with Crippen LogP contribution in [0.25, 0.3) is 0 Å². The molecule has 2 rings (SSSR count). The predicted octanol–water partition coefficient (Wildman–Crippen LogP) is 2.30. The van der Waals surface area contributed by atoms with Gasteiger partial charge in [0.1, 0.15) is 0 Å². The second kappa shape index (κ2) is 5.43. The number of hydrogen-bond donors (Lipinski definition) is 1. The molecule has 0 aromatic heterocycles. The van der Waals surface area contributed by atoms with Gasteiger partial charge in [0.05, 0.1) is 24.3 Å². The molecule has 0 aromatic carbocycles. The summed E-state index contributed by atoms with van der Waals surface area (Å²) in [5, 5.41) is 9.11. The average molecular weight is 295 g/mol. The van der Waals surface area contributed by atoms with Crippen LogP contribution in [0.1, 0.15) is 53.4 Å². The first-order valence-corrected chi connectivity index (χ1v) is 7.69. The maximum Gasteiger partial charge on any atom is 0.305 e. The van der Waals surface area contributed by atoms with Gasteiger partial charge in [-0.25, -0.2) is 0 Å². The molecule has 5 nitrogen and oxygen atoms in total. The Bertz CT molecular complexity index is 441. The van der Waals surface area contributed by atoms with Crippen molar-refractivity contribution in [3.63, 3.8) is 0 Å². The van der Waals surface area contributed by atoms with Crippen LogP contribution in [0.2, 0.25) is 0 Å². The molecule has 1 saturated heterocycles. The first kappa shape index (κ1) is 16.0. The van der Waals surface area contributed by atoms with Gasteiger partial charge < -0.3 is 5.11 Å². The minimum atomic E-state index is -0.963. The maximum atomic E-state index is 12.6. The normalized spacial score (nSPS) is 30.7. The lowest BCUT2D eigenvalue weighted by molar-refractivity contribution is -0.146. The van der Waals surface area contributed by atoms with Crippen LogP contribution in [0.15, 0.2) is 0 Å². The molecule has 118 valence electrons. The number of nitrogens with zero attached hydrogens (tertiary/aromatic N) is 1. The summed E-state index contributed by atoms with van der Waals surface area (Å²) in [5.74, 6) is -1.30. The molecule has 1 N–H and O–H groups in total. The molecule has 2 amide bonds. The molecule has 0 bridgehead atoms. The van der Waals surface area contributed by atoms with Gasteiger partial charge in [0.2, 0.25) is 11.8 Å². The molecule has 2 fully saturated rings. The standard InChI is InChI=1S/C16H25NO4/c1-9-5-11-12(6-9)15(21)17(14(11)20)10(7-13(18)19)8-16(2,3)4/h9-12H,5-8H2,1-4H3,(H,18,19). The molecule has 0 aromatic rings. The van der Waals surface area contributed by atoms with Crippen LogP contribution < -0.4 is 0 Å². The van der Waals surface area contributed by atoms with Crippen molar-refractivity contribution in [3.8, 4) is 0 Å². The van der Waals surface area contributed by atoms with E-state index in [0.29, 0.717) is 12.3 Å². The average Bonchev–Trinajstić information content (AvgIpc) is 2.76. The van der Waals surface area contributed by atoms with Crippen molar-refractivity contribution in [1.29, 1.82) is 0 Å². The molecule has 1 aliphatic carbocycles. The molecular formula is C16H25NO4. The summed E-state index contributed by atoms with van der Waals surface area (Å²) in [6.45, 7) is 8.05. The van der Waals surface area contributed by atoms with Gasteiger partial charge in [-0.15, -0.1) is 0 Å². The van der Waals surface area contributed by atoms with Gasteiger partial charge in [-0.2, -0.15) is 0 Å². The monoisotopic (exact) mass is 295 g/mol. The molecule has 5 heteroatoms. The summed E-state index contributed by atoms with van der Waals surface area (Å²) in [5.41, 5.74) is -0.133. The highest BCUT2D eigenvalue weighted by atomic mass is 16.4. The number of fused-ring (bicyclic) bond motifs is 1. The zero-order valence-electron chi connectivity index (χ0n) is 13.3. The summed E-state index contributed by atoms with van der Waals surface area (Å²) in [7, 11) is 0. The van der Waals surface area contributed by atoms with E-state index in [1.54, 1.807) is 0 Å². The molecular weight excluding hydrogens is 270 g/mol. The van der Waals surface area contributed by atoms with Crippen LogP contribution in [-0.4, -0.2) is 33.8 Å². The zero-order chi connectivity index (χ0) is 15.9. The van der Waals surface area contributed by atoms with Crippen molar-refractivity contribution in [2.24, 2.45) is 23.2 Å². The topological polar surface area (TPSA) is 74.7 Å². The van der Waals surface area contributed by atoms with Gasteiger partial charge in [-0.05, 0) is 30.6 Å². The minimum Gasteiger partial charge on any atom is -0.481 e. The number of amides is 2. The maximum absolute atomic E-state index is 12.6. The highest BCUT2D eigenvalue weighted by Crippen LogP contribution is 2.44. The predicted molar refractivity (Wildman–Crippen MR) is 77.3 cm³/mol. The van der Waals surface area contributed by atoms with Gasteiger partial charge in [0.15, 0.2) is 0 Å². The highest BCUT2D eigenvalue weighted by Gasteiger charge is 2.53. The van der Waals surface area contributed by atoms with Crippen molar-refractivity contribution in [2.75, 3.05) is 0 Å². The fourth-order valence-corrected chi connectivity index (χ4v) is 3.83. The van der Waals surface area contributed by atoms with Crippen LogP contribution in [0.5, 0.6) is 0 Å². The Hall–Kier alpha value is -1.39. The van der Waals surface area contributed by atoms with E-state index in [1.165, 1.54) is 4.90 Å². The first-order chi connectivity index (χ1) is 9.60. The number of likely N-dealkylation sites (tertiary alicyclic amines) is 1. The molecule has 21 heavy (non-hydrogen) atoms. The van der Waals surface area contributed by atoms with Gasteiger partial charge in [-0.3, -0.25) is 19.3 Å². The van der Waals surface area contributed by atoms with E-state index >= 15 is 0 Å². The largest absolute Gasteiger partial charge is 0.481 e. The number of carboxylic acid groups (broad SMARTS) is 1. The summed E-state index contributed by atoms with van der Waals surface area (Å²) in [4.78, 5) is 37.5. The van der Waals surface area contributed by atoms with Crippen LogP contribution >= 0.6 is 0 Å². The Morgan fingerprint density at radius 1 is 1.24 bits per heavy atom. The zero-order valence-corrected chi connectivity index (χ0v) is 13.3. The van der Waals surface area contributed by atoms with Crippen LogP contribution in [0.3, 0.4) is 0 Å². The van der Waals surface area contributed by atoms with E-state index in [2.05, 4.69) is 6.92 Å². The lowest BCUT2D eigenvalue weighted by Crippen LogP contribution is -2.44. The van der Waals surface area contributed by atoms with E-state index in [4.69, 9.17) is 5.11 Å². The Morgan fingerprint density at radius 2 is 1.71 bits per heavy atom. The SMILES string of the molecule is CC1CC2C(=O)N(C(CC(=O)O)CC(C)(C)C)C(=O)C2C1. The molecule has 3 atom stereocenters. The van der Waals surface area contributed by atoms with Crippen molar-refractivity contribution in [3.05, 3.63) is 0 Å². The number of hydrogen-bond acceptors (Lipinski definition) is 3. The third-order valence-corrected chi connectivity index (χ3v) is 4.53. The smallest absolute Gasteiger partial charge is 0.305 e. The van der Waals surface area contributed by atoms with Gasteiger partial charge >= 0.3 is 5.97 Å². The van der Waals surface area contributed by atoms with Gasteiger partial charge in [0, 0.05) is 0 Å². The van der Waals surface area contributed by atoms with E-state index in [1.807, 2.05) is 20.8 Å². The van der Waals surface area contributed by atoms with Crippen LogP contribution in [0.4, 0.5) is 0 Å². The van der Waals surface area contributed by atoms with E-state index < -0.39 is 12.0 Å². The minimum absolute atomic E-state index is 0.133. The Kier molecular flexibility index (Phi) is 4.13. The Balaban J connectivity index is 2.22. The van der Waals surface area contributed by atoms with Crippen molar-refractivity contribution >= 4 is 17.8 Å². The van der Waals surface area contributed by atoms with Crippen molar-refractivity contribution in [1.82, 2.24) is 4.90 Å². The Labute approximate surface area is 125 Å². The lowest BCUT2D eigenvalue weighted by atomic mass is 9.86. The van der Waals surface area contributed by atoms with E-state index in [0.717, 1.165) is 12.8 Å². The first-order valence-electron chi connectivity index (χ1n) is 7.69. The molecule has 2 aliphatic rings. The Morgan fingerprint density at radius 3 is 2.10 bits per heavy atom. The van der Waals surface area contributed by atoms with E-state index in [-0.39, 0.29) is 35.5 Å².